The molecule has 4 heteroatoms. The van der Waals surface area contributed by atoms with E-state index in [4.69, 9.17) is 4.74 Å². The first-order valence-electron chi connectivity index (χ1n) is 8.95. The predicted molar refractivity (Wildman–Crippen MR) is 101 cm³/mol. The summed E-state index contributed by atoms with van der Waals surface area (Å²) in [6.45, 7) is 5.01. The molecule has 3 rings (SSSR count). The van der Waals surface area contributed by atoms with Crippen LogP contribution in [0.15, 0.2) is 54.6 Å². The number of nitrogens with one attached hydrogen (secondary N) is 1. The van der Waals surface area contributed by atoms with Gasteiger partial charge in [0.05, 0.1) is 0 Å². The van der Waals surface area contributed by atoms with E-state index in [9.17, 15) is 4.79 Å². The summed E-state index contributed by atoms with van der Waals surface area (Å²) in [5.41, 5.74) is 3.16. The van der Waals surface area contributed by atoms with Crippen molar-refractivity contribution < 1.29 is 9.53 Å². The Hall–Kier alpha value is -2.33. The zero-order chi connectivity index (χ0) is 17.5. The van der Waals surface area contributed by atoms with E-state index in [1.165, 1.54) is 5.56 Å². The first kappa shape index (κ1) is 17.5. The first-order valence-corrected chi connectivity index (χ1v) is 8.95. The van der Waals surface area contributed by atoms with Gasteiger partial charge in [0.25, 0.3) is 0 Å². The molecule has 0 bridgehead atoms. The van der Waals surface area contributed by atoms with Crippen molar-refractivity contribution >= 4 is 11.7 Å². The Kier molecular flexibility index (Phi) is 6.07. The van der Waals surface area contributed by atoms with E-state index < -0.39 is 0 Å². The van der Waals surface area contributed by atoms with Gasteiger partial charge in [-0.3, -0.25) is 0 Å². The summed E-state index contributed by atoms with van der Waals surface area (Å²) >= 11 is 0. The quantitative estimate of drug-likeness (QED) is 0.875. The third-order valence-corrected chi connectivity index (χ3v) is 4.63. The second-order valence-electron chi connectivity index (χ2n) is 6.72. The largest absolute Gasteiger partial charge is 0.381 e. The van der Waals surface area contributed by atoms with Crippen molar-refractivity contribution in [2.75, 3.05) is 25.1 Å². The number of carbonyl (C=O) groups is 1. The summed E-state index contributed by atoms with van der Waals surface area (Å²) in [5.74, 6) is 0.501. The van der Waals surface area contributed by atoms with Crippen LogP contribution in [0.5, 0.6) is 0 Å². The lowest BCUT2D eigenvalue weighted by Crippen LogP contribution is -2.39. The molecule has 1 fully saturated rings. The van der Waals surface area contributed by atoms with Crippen molar-refractivity contribution in [2.45, 2.75) is 26.3 Å². The Morgan fingerprint density at radius 3 is 2.44 bits per heavy atom. The third kappa shape index (κ3) is 5.33. The molecule has 2 amide bonds. The smallest absolute Gasteiger partial charge is 0.322 e. The summed E-state index contributed by atoms with van der Waals surface area (Å²) in [4.78, 5) is 14.8. The van der Waals surface area contributed by atoms with Gasteiger partial charge in [-0.15, -0.1) is 0 Å². The second-order valence-corrected chi connectivity index (χ2v) is 6.72. The normalized spacial score (nSPS) is 14.9. The molecule has 25 heavy (non-hydrogen) atoms. The van der Waals surface area contributed by atoms with E-state index in [1.54, 1.807) is 0 Å². The van der Waals surface area contributed by atoms with Crippen LogP contribution in [0.1, 0.15) is 24.0 Å². The fraction of sp³-hybridized carbons (Fsp3) is 0.381. The van der Waals surface area contributed by atoms with Crippen molar-refractivity contribution in [3.05, 3.63) is 65.7 Å². The molecule has 1 N–H and O–H groups in total. The molecular formula is C21H26N2O2. The molecule has 0 saturated carbocycles. The number of benzene rings is 2. The number of ether oxygens (including phenoxy) is 1. The molecule has 2 aromatic carbocycles. The van der Waals surface area contributed by atoms with Gasteiger partial charge in [-0.1, -0.05) is 48.0 Å². The monoisotopic (exact) mass is 338 g/mol. The Morgan fingerprint density at radius 2 is 1.76 bits per heavy atom. The SMILES string of the molecule is Cc1ccc(NC(=O)N(Cc2ccccc2)CC2CCOCC2)cc1. The van der Waals surface area contributed by atoms with Crippen LogP contribution in [0, 0.1) is 12.8 Å². The van der Waals surface area contributed by atoms with Gasteiger partial charge in [0.1, 0.15) is 0 Å². The number of anilines is 1. The summed E-state index contributed by atoms with van der Waals surface area (Å²) in [7, 11) is 0. The Balaban J connectivity index is 1.69. The van der Waals surface area contributed by atoms with E-state index in [-0.39, 0.29) is 6.03 Å². The van der Waals surface area contributed by atoms with Crippen LogP contribution in [0.4, 0.5) is 10.5 Å². The third-order valence-electron chi connectivity index (χ3n) is 4.63. The van der Waals surface area contributed by atoms with Crippen molar-refractivity contribution in [1.82, 2.24) is 4.90 Å². The number of carbonyl (C=O) groups excluding carboxylic acids is 1. The molecule has 0 aromatic heterocycles. The minimum Gasteiger partial charge on any atom is -0.381 e. The molecule has 0 aliphatic carbocycles. The van der Waals surface area contributed by atoms with Crippen molar-refractivity contribution in [2.24, 2.45) is 5.92 Å². The molecule has 1 saturated heterocycles. The molecule has 132 valence electrons. The lowest BCUT2D eigenvalue weighted by atomic mass is 9.99. The standard InChI is InChI=1S/C21H26N2O2/c1-17-7-9-20(10-8-17)22-21(24)23(15-18-5-3-2-4-6-18)16-19-11-13-25-14-12-19/h2-10,19H,11-16H2,1H3,(H,22,24). The molecule has 4 nitrogen and oxygen atoms in total. The number of hydrogen-bond acceptors (Lipinski definition) is 2. The molecule has 1 aliphatic rings. The van der Waals surface area contributed by atoms with Gasteiger partial charge in [-0.2, -0.15) is 0 Å². The van der Waals surface area contributed by atoms with E-state index in [0.29, 0.717) is 12.5 Å². The molecule has 0 atom stereocenters. The summed E-state index contributed by atoms with van der Waals surface area (Å²) in [6.07, 6.45) is 2.03. The minimum atomic E-state index is -0.0424. The van der Waals surface area contributed by atoms with Gasteiger partial charge in [-0.25, -0.2) is 4.79 Å². The van der Waals surface area contributed by atoms with Crippen LogP contribution in [0.2, 0.25) is 0 Å². The van der Waals surface area contributed by atoms with E-state index in [0.717, 1.165) is 43.9 Å². The number of rotatable bonds is 5. The fourth-order valence-corrected chi connectivity index (χ4v) is 3.10. The maximum Gasteiger partial charge on any atom is 0.322 e. The number of urea groups is 1. The number of hydrogen-bond donors (Lipinski definition) is 1. The summed E-state index contributed by atoms with van der Waals surface area (Å²) in [5, 5.41) is 3.03. The van der Waals surface area contributed by atoms with Crippen LogP contribution in [0.3, 0.4) is 0 Å². The van der Waals surface area contributed by atoms with Gasteiger partial charge in [0, 0.05) is 32.0 Å². The van der Waals surface area contributed by atoms with Crippen LogP contribution in [0.25, 0.3) is 0 Å². The zero-order valence-corrected chi connectivity index (χ0v) is 14.8. The van der Waals surface area contributed by atoms with Gasteiger partial charge < -0.3 is 15.0 Å². The average molecular weight is 338 g/mol. The Bertz CT molecular complexity index is 664. The Morgan fingerprint density at radius 1 is 1.08 bits per heavy atom. The van der Waals surface area contributed by atoms with Crippen LogP contribution < -0.4 is 5.32 Å². The Labute approximate surface area is 149 Å². The molecule has 1 heterocycles. The lowest BCUT2D eigenvalue weighted by Gasteiger charge is -2.30. The van der Waals surface area contributed by atoms with Crippen molar-refractivity contribution in [1.29, 1.82) is 0 Å². The molecular weight excluding hydrogens is 312 g/mol. The van der Waals surface area contributed by atoms with E-state index in [2.05, 4.69) is 17.4 Å². The highest BCUT2D eigenvalue weighted by Crippen LogP contribution is 2.19. The maximum atomic E-state index is 12.9. The molecule has 0 radical (unpaired) electrons. The lowest BCUT2D eigenvalue weighted by molar-refractivity contribution is 0.0564. The van der Waals surface area contributed by atoms with Crippen molar-refractivity contribution in [3.63, 3.8) is 0 Å². The average Bonchev–Trinajstić information content (AvgIpc) is 2.65. The van der Waals surface area contributed by atoms with Gasteiger partial charge >= 0.3 is 6.03 Å². The van der Waals surface area contributed by atoms with Gasteiger partial charge in [0.2, 0.25) is 0 Å². The van der Waals surface area contributed by atoms with Gasteiger partial charge in [-0.05, 0) is 43.4 Å². The van der Waals surface area contributed by atoms with E-state index >= 15 is 0 Å². The highest BCUT2D eigenvalue weighted by atomic mass is 16.5. The van der Waals surface area contributed by atoms with Crippen LogP contribution in [-0.4, -0.2) is 30.7 Å². The summed E-state index contributed by atoms with van der Waals surface area (Å²) in [6, 6.07) is 18.0. The van der Waals surface area contributed by atoms with Crippen LogP contribution >= 0.6 is 0 Å². The minimum absolute atomic E-state index is 0.0424. The van der Waals surface area contributed by atoms with Crippen molar-refractivity contribution in [3.8, 4) is 0 Å². The summed E-state index contributed by atoms with van der Waals surface area (Å²) < 4.78 is 5.45. The second kappa shape index (κ2) is 8.67. The highest BCUT2D eigenvalue weighted by molar-refractivity contribution is 5.89. The number of nitrogens with zero attached hydrogens (tertiary/aromatic N) is 1. The first-order chi connectivity index (χ1) is 12.2. The molecule has 0 unspecified atom stereocenters. The number of amides is 2. The van der Waals surface area contributed by atoms with Crippen LogP contribution in [-0.2, 0) is 11.3 Å². The topological polar surface area (TPSA) is 41.6 Å². The molecule has 1 aliphatic heterocycles. The maximum absolute atomic E-state index is 12.9. The predicted octanol–water partition coefficient (Wildman–Crippen LogP) is 4.46. The van der Waals surface area contributed by atoms with E-state index in [1.807, 2.05) is 54.3 Å². The molecule has 0 spiro atoms. The highest BCUT2D eigenvalue weighted by Gasteiger charge is 2.21. The number of aryl methyl sites for hydroxylation is 1. The fourth-order valence-electron chi connectivity index (χ4n) is 3.10. The van der Waals surface area contributed by atoms with Gasteiger partial charge in [0.15, 0.2) is 0 Å². The zero-order valence-electron chi connectivity index (χ0n) is 14.8. The molecule has 2 aromatic rings.